The van der Waals surface area contributed by atoms with Crippen molar-refractivity contribution in [2.45, 2.75) is 18.7 Å². The van der Waals surface area contributed by atoms with Gasteiger partial charge in [-0.05, 0) is 17.7 Å². The molecular formula is C11H10F3NO2. The molecule has 0 radical (unpaired) electrons. The molecule has 6 heteroatoms. The SMILES string of the molecule is OCC1CC(c2ccc(C(F)(F)F)cc2)=NO1. The van der Waals surface area contributed by atoms with E-state index in [4.69, 9.17) is 9.94 Å². The molecule has 0 aromatic heterocycles. The minimum absolute atomic E-state index is 0.159. The lowest BCUT2D eigenvalue weighted by Crippen LogP contribution is -2.13. The second-order valence-corrected chi connectivity index (χ2v) is 3.73. The van der Waals surface area contributed by atoms with E-state index in [0.29, 0.717) is 17.7 Å². The molecule has 92 valence electrons. The zero-order valence-corrected chi connectivity index (χ0v) is 8.74. The van der Waals surface area contributed by atoms with Gasteiger partial charge >= 0.3 is 6.18 Å². The Hall–Kier alpha value is -1.56. The third-order valence-electron chi connectivity index (χ3n) is 2.48. The van der Waals surface area contributed by atoms with Crippen LogP contribution in [-0.4, -0.2) is 23.5 Å². The molecule has 1 aliphatic rings. The summed E-state index contributed by atoms with van der Waals surface area (Å²) in [5, 5.41) is 12.6. The maximum absolute atomic E-state index is 12.3. The zero-order valence-electron chi connectivity index (χ0n) is 8.74. The molecule has 0 amide bonds. The van der Waals surface area contributed by atoms with E-state index in [1.807, 2.05) is 0 Å². The van der Waals surface area contributed by atoms with Gasteiger partial charge in [-0.1, -0.05) is 17.3 Å². The van der Waals surface area contributed by atoms with E-state index in [1.54, 1.807) is 0 Å². The lowest BCUT2D eigenvalue weighted by molar-refractivity contribution is -0.137. The maximum Gasteiger partial charge on any atom is 0.416 e. The van der Waals surface area contributed by atoms with Gasteiger partial charge in [-0.3, -0.25) is 0 Å². The number of hydrogen-bond donors (Lipinski definition) is 1. The number of rotatable bonds is 2. The number of aliphatic hydroxyl groups is 1. The largest absolute Gasteiger partial charge is 0.416 e. The van der Waals surface area contributed by atoms with Crippen molar-refractivity contribution >= 4 is 5.71 Å². The average molecular weight is 245 g/mol. The predicted octanol–water partition coefficient (Wildman–Crippen LogP) is 2.19. The molecule has 0 fully saturated rings. The first-order chi connectivity index (χ1) is 8.00. The molecule has 1 aliphatic heterocycles. The minimum Gasteiger partial charge on any atom is -0.392 e. The molecule has 3 nitrogen and oxygen atoms in total. The van der Waals surface area contributed by atoms with Crippen molar-refractivity contribution in [3.05, 3.63) is 35.4 Å². The highest BCUT2D eigenvalue weighted by Crippen LogP contribution is 2.29. The number of benzene rings is 1. The van der Waals surface area contributed by atoms with Gasteiger partial charge in [0.15, 0.2) is 6.10 Å². The fraction of sp³-hybridized carbons (Fsp3) is 0.364. The first-order valence-corrected chi connectivity index (χ1v) is 5.02. The molecule has 17 heavy (non-hydrogen) atoms. The summed E-state index contributed by atoms with van der Waals surface area (Å²) >= 11 is 0. The molecule has 1 aromatic carbocycles. The second kappa shape index (κ2) is 4.37. The lowest BCUT2D eigenvalue weighted by Gasteiger charge is -2.07. The summed E-state index contributed by atoms with van der Waals surface area (Å²) in [6.07, 6.45) is -4.32. The second-order valence-electron chi connectivity index (χ2n) is 3.73. The van der Waals surface area contributed by atoms with Crippen LogP contribution in [-0.2, 0) is 11.0 Å². The van der Waals surface area contributed by atoms with Crippen LogP contribution in [0.25, 0.3) is 0 Å². The summed E-state index contributed by atoms with van der Waals surface area (Å²) in [6, 6.07) is 4.71. The van der Waals surface area contributed by atoms with Crippen molar-refractivity contribution in [3.63, 3.8) is 0 Å². The summed E-state index contributed by atoms with van der Waals surface area (Å²) in [5.74, 6) is 0. The summed E-state index contributed by atoms with van der Waals surface area (Å²) in [6.45, 7) is -0.159. The van der Waals surface area contributed by atoms with Crippen LogP contribution in [0.1, 0.15) is 17.5 Å². The van der Waals surface area contributed by atoms with E-state index in [1.165, 1.54) is 12.1 Å². The number of aliphatic hydroxyl groups excluding tert-OH is 1. The number of halogens is 3. The van der Waals surface area contributed by atoms with Crippen LogP contribution < -0.4 is 0 Å². The molecule has 1 N–H and O–H groups in total. The summed E-state index contributed by atoms with van der Waals surface area (Å²) in [5.41, 5.74) is 0.436. The average Bonchev–Trinajstić information content (AvgIpc) is 2.76. The Bertz CT molecular complexity index is 425. The van der Waals surface area contributed by atoms with Crippen molar-refractivity contribution in [1.82, 2.24) is 0 Å². The predicted molar refractivity (Wildman–Crippen MR) is 54.6 cm³/mol. The Morgan fingerprint density at radius 1 is 1.29 bits per heavy atom. The van der Waals surface area contributed by atoms with Crippen LogP contribution in [0, 0.1) is 0 Å². The van der Waals surface area contributed by atoms with Gasteiger partial charge in [0.05, 0.1) is 17.9 Å². The van der Waals surface area contributed by atoms with E-state index in [-0.39, 0.29) is 6.61 Å². The smallest absolute Gasteiger partial charge is 0.392 e. The van der Waals surface area contributed by atoms with E-state index < -0.39 is 17.8 Å². The highest BCUT2D eigenvalue weighted by Gasteiger charge is 2.30. The maximum atomic E-state index is 12.3. The minimum atomic E-state index is -4.33. The Kier molecular flexibility index (Phi) is 3.06. The number of nitrogens with zero attached hydrogens (tertiary/aromatic N) is 1. The van der Waals surface area contributed by atoms with Crippen molar-refractivity contribution in [1.29, 1.82) is 0 Å². The van der Waals surface area contributed by atoms with Crippen LogP contribution in [0.2, 0.25) is 0 Å². The van der Waals surface area contributed by atoms with E-state index in [2.05, 4.69) is 5.16 Å². The van der Waals surface area contributed by atoms with Gasteiger partial charge in [0.2, 0.25) is 0 Å². The standard InChI is InChI=1S/C11H10F3NO2/c12-11(13,14)8-3-1-7(2-4-8)10-5-9(6-16)17-15-10/h1-4,9,16H,5-6H2. The van der Waals surface area contributed by atoms with Gasteiger partial charge in [0.25, 0.3) is 0 Å². The fourth-order valence-electron chi connectivity index (χ4n) is 1.55. The highest BCUT2D eigenvalue weighted by molar-refractivity contribution is 6.01. The van der Waals surface area contributed by atoms with Gasteiger partial charge in [-0.2, -0.15) is 13.2 Å². The summed E-state index contributed by atoms with van der Waals surface area (Å²) in [7, 11) is 0. The molecule has 1 aromatic rings. The molecule has 0 aliphatic carbocycles. The summed E-state index contributed by atoms with van der Waals surface area (Å²) < 4.78 is 37.0. The van der Waals surface area contributed by atoms with Crippen molar-refractivity contribution in [2.75, 3.05) is 6.61 Å². The fourth-order valence-corrected chi connectivity index (χ4v) is 1.55. The zero-order chi connectivity index (χ0) is 12.5. The number of hydrogen-bond acceptors (Lipinski definition) is 3. The van der Waals surface area contributed by atoms with Crippen LogP contribution >= 0.6 is 0 Å². The van der Waals surface area contributed by atoms with Crippen molar-refractivity contribution in [3.8, 4) is 0 Å². The van der Waals surface area contributed by atoms with Gasteiger partial charge in [0, 0.05) is 6.42 Å². The Morgan fingerprint density at radius 3 is 2.41 bits per heavy atom. The summed E-state index contributed by atoms with van der Waals surface area (Å²) in [4.78, 5) is 4.88. The normalized spacial score (nSPS) is 20.0. The third-order valence-corrected chi connectivity index (χ3v) is 2.48. The Morgan fingerprint density at radius 2 is 1.94 bits per heavy atom. The van der Waals surface area contributed by atoms with Gasteiger partial charge < -0.3 is 9.94 Å². The lowest BCUT2D eigenvalue weighted by atomic mass is 10.0. The van der Waals surface area contributed by atoms with Crippen LogP contribution in [0.4, 0.5) is 13.2 Å². The van der Waals surface area contributed by atoms with Gasteiger partial charge in [-0.15, -0.1) is 0 Å². The molecular weight excluding hydrogens is 235 g/mol. The van der Waals surface area contributed by atoms with Crippen molar-refractivity contribution in [2.24, 2.45) is 5.16 Å². The number of alkyl halides is 3. The Balaban J connectivity index is 2.14. The molecule has 0 saturated heterocycles. The van der Waals surface area contributed by atoms with E-state index >= 15 is 0 Å². The highest BCUT2D eigenvalue weighted by atomic mass is 19.4. The van der Waals surface area contributed by atoms with E-state index in [9.17, 15) is 13.2 Å². The molecule has 0 saturated carbocycles. The van der Waals surface area contributed by atoms with Gasteiger partial charge in [0.1, 0.15) is 0 Å². The molecule has 1 heterocycles. The number of oxime groups is 1. The van der Waals surface area contributed by atoms with E-state index in [0.717, 1.165) is 12.1 Å². The third kappa shape index (κ3) is 2.58. The first kappa shape index (κ1) is 11.9. The molecule has 0 spiro atoms. The molecule has 2 rings (SSSR count). The monoisotopic (exact) mass is 245 g/mol. The molecule has 1 atom stereocenters. The first-order valence-electron chi connectivity index (χ1n) is 5.02. The molecule has 1 unspecified atom stereocenters. The van der Waals surface area contributed by atoms with Gasteiger partial charge in [-0.25, -0.2) is 0 Å². The van der Waals surface area contributed by atoms with Crippen LogP contribution in [0.5, 0.6) is 0 Å². The Labute approximate surface area is 95.5 Å². The topological polar surface area (TPSA) is 41.8 Å². The van der Waals surface area contributed by atoms with Crippen LogP contribution in [0.3, 0.4) is 0 Å². The van der Waals surface area contributed by atoms with Crippen LogP contribution in [0.15, 0.2) is 29.4 Å². The van der Waals surface area contributed by atoms with Crippen molar-refractivity contribution < 1.29 is 23.1 Å². The quantitative estimate of drug-likeness (QED) is 0.867. The molecule has 0 bridgehead atoms.